The second kappa shape index (κ2) is 12.9. The zero-order valence-corrected chi connectivity index (χ0v) is 24.7. The predicted molar refractivity (Wildman–Crippen MR) is 161 cm³/mol. The highest BCUT2D eigenvalue weighted by molar-refractivity contribution is 8.00. The molecule has 1 amide bonds. The average Bonchev–Trinajstić information content (AvgIpc) is 2.97. The molecule has 0 fully saturated rings. The smallest absolute Gasteiger partial charge is 0.263 e. The van der Waals surface area contributed by atoms with Gasteiger partial charge in [-0.15, -0.1) is 10.2 Å². The van der Waals surface area contributed by atoms with Crippen LogP contribution >= 0.6 is 23.4 Å². The number of carbonyl (C=O) groups is 1. The summed E-state index contributed by atoms with van der Waals surface area (Å²) >= 11 is 6.67. The summed E-state index contributed by atoms with van der Waals surface area (Å²) in [6.07, 6.45) is 0. The Labute approximate surface area is 251 Å². The van der Waals surface area contributed by atoms with Gasteiger partial charge in [0.2, 0.25) is 5.91 Å². The molecule has 0 spiro atoms. The third kappa shape index (κ3) is 6.95. The number of carbonyl (C=O) groups excluding carboxylic acids is 1. The van der Waals surface area contributed by atoms with Crippen LogP contribution in [0.15, 0.2) is 70.6 Å². The van der Waals surface area contributed by atoms with Gasteiger partial charge in [-0.05, 0) is 53.4 Å². The van der Waals surface area contributed by atoms with E-state index in [0.29, 0.717) is 22.7 Å². The highest BCUT2D eigenvalue weighted by Crippen LogP contribution is 2.36. The molecule has 0 radical (unpaired) electrons. The first-order valence-electron chi connectivity index (χ1n) is 12.3. The Hall–Kier alpha value is -4.69. The van der Waals surface area contributed by atoms with E-state index in [1.807, 2.05) is 30.3 Å². The van der Waals surface area contributed by atoms with E-state index < -0.39 is 15.9 Å². The number of thioether (sulfide) groups is 1. The lowest BCUT2D eigenvalue weighted by Gasteiger charge is -2.14. The van der Waals surface area contributed by atoms with E-state index in [-0.39, 0.29) is 43.6 Å². The molecule has 0 aliphatic carbocycles. The van der Waals surface area contributed by atoms with Crippen molar-refractivity contribution >= 4 is 56.6 Å². The molecule has 0 bridgehead atoms. The Balaban J connectivity index is 1.48. The minimum Gasteiger partial charge on any atom is -0.383 e. The summed E-state index contributed by atoms with van der Waals surface area (Å²) in [5, 5.41) is 30.0. The summed E-state index contributed by atoms with van der Waals surface area (Å²) in [6.45, 7) is 4.12. The number of anilines is 3. The molecular formula is C28H23ClN8O3S2. The van der Waals surface area contributed by atoms with Crippen LogP contribution in [0.2, 0.25) is 5.15 Å². The van der Waals surface area contributed by atoms with Crippen molar-refractivity contribution in [2.45, 2.75) is 29.7 Å². The number of rotatable bonds is 9. The van der Waals surface area contributed by atoms with Gasteiger partial charge in [0, 0.05) is 11.3 Å². The summed E-state index contributed by atoms with van der Waals surface area (Å²) < 4.78 is 27.5. The molecule has 0 aliphatic rings. The molecule has 0 atom stereocenters. The van der Waals surface area contributed by atoms with Gasteiger partial charge < -0.3 is 11.1 Å². The highest BCUT2D eigenvalue weighted by Gasteiger charge is 2.22. The van der Waals surface area contributed by atoms with Crippen molar-refractivity contribution < 1.29 is 13.2 Å². The third-order valence-electron chi connectivity index (χ3n) is 5.94. The van der Waals surface area contributed by atoms with Crippen molar-refractivity contribution in [2.75, 3.05) is 21.5 Å². The first-order valence-corrected chi connectivity index (χ1v) is 15.2. The van der Waals surface area contributed by atoms with Gasteiger partial charge in [-0.25, -0.2) is 13.4 Å². The maximum atomic E-state index is 12.7. The van der Waals surface area contributed by atoms with E-state index in [2.05, 4.69) is 45.1 Å². The van der Waals surface area contributed by atoms with E-state index in [1.54, 1.807) is 0 Å². The van der Waals surface area contributed by atoms with Crippen LogP contribution in [-0.4, -0.2) is 35.3 Å². The molecule has 0 saturated carbocycles. The Kier molecular flexibility index (Phi) is 9.28. The number of sulfonamides is 1. The Bertz CT molecular complexity index is 1820. The number of hydrogen-bond donors (Lipinski definition) is 3. The molecule has 42 heavy (non-hydrogen) atoms. The molecule has 2 aromatic carbocycles. The number of halogens is 1. The van der Waals surface area contributed by atoms with Gasteiger partial charge in [-0.1, -0.05) is 61.5 Å². The fourth-order valence-corrected chi connectivity index (χ4v) is 5.73. The van der Waals surface area contributed by atoms with E-state index in [4.69, 9.17) is 17.3 Å². The lowest BCUT2D eigenvalue weighted by molar-refractivity contribution is -0.113. The van der Waals surface area contributed by atoms with Crippen LogP contribution in [-0.2, 0) is 14.8 Å². The van der Waals surface area contributed by atoms with Crippen LogP contribution in [0.3, 0.4) is 0 Å². The Morgan fingerprint density at radius 3 is 2.24 bits per heavy atom. The third-order valence-corrected chi connectivity index (χ3v) is 8.49. The van der Waals surface area contributed by atoms with Crippen LogP contribution < -0.4 is 15.8 Å². The van der Waals surface area contributed by atoms with Crippen molar-refractivity contribution in [1.29, 1.82) is 10.5 Å². The van der Waals surface area contributed by atoms with Crippen LogP contribution in [0.25, 0.3) is 11.1 Å². The van der Waals surface area contributed by atoms with Gasteiger partial charge in [0.05, 0.1) is 16.2 Å². The van der Waals surface area contributed by atoms with Gasteiger partial charge in [0.1, 0.15) is 28.5 Å². The molecule has 4 rings (SSSR count). The zero-order chi connectivity index (χ0) is 30.4. The second-order valence-electron chi connectivity index (χ2n) is 9.14. The van der Waals surface area contributed by atoms with Gasteiger partial charge in [-0.3, -0.25) is 9.52 Å². The van der Waals surface area contributed by atoms with Crippen LogP contribution in [0.4, 0.5) is 17.3 Å². The maximum absolute atomic E-state index is 12.7. The minimum absolute atomic E-state index is 0.00155. The number of nitriles is 2. The molecule has 11 nitrogen and oxygen atoms in total. The van der Waals surface area contributed by atoms with Crippen molar-refractivity contribution in [3.63, 3.8) is 0 Å². The minimum atomic E-state index is -3.96. The average molecular weight is 619 g/mol. The number of nitrogens with one attached hydrogen (secondary N) is 2. The fraction of sp³-hybridized carbons (Fsp3) is 0.143. The Morgan fingerprint density at radius 2 is 1.67 bits per heavy atom. The molecule has 14 heteroatoms. The molecule has 0 unspecified atom stereocenters. The molecule has 0 saturated heterocycles. The molecule has 2 heterocycles. The van der Waals surface area contributed by atoms with Crippen molar-refractivity contribution in [3.8, 4) is 23.3 Å². The van der Waals surface area contributed by atoms with Crippen LogP contribution in [0, 0.1) is 22.7 Å². The number of aromatic nitrogens is 3. The lowest BCUT2D eigenvalue weighted by Crippen LogP contribution is -2.16. The fourth-order valence-electron chi connectivity index (χ4n) is 3.84. The van der Waals surface area contributed by atoms with E-state index >= 15 is 0 Å². The predicted octanol–water partition coefficient (Wildman–Crippen LogP) is 5.17. The zero-order valence-electron chi connectivity index (χ0n) is 22.3. The number of nitrogen functional groups attached to an aromatic ring is 1. The number of nitrogens with two attached hydrogens (primary N) is 1. The molecule has 0 aliphatic heterocycles. The van der Waals surface area contributed by atoms with Crippen molar-refractivity contribution in [3.05, 3.63) is 82.5 Å². The molecular weight excluding hydrogens is 596 g/mol. The molecule has 4 aromatic rings. The number of pyridine rings is 1. The van der Waals surface area contributed by atoms with Crippen molar-refractivity contribution in [2.24, 2.45) is 0 Å². The molecule has 212 valence electrons. The summed E-state index contributed by atoms with van der Waals surface area (Å²) in [5.41, 5.74) is 8.76. The topological polar surface area (TPSA) is 188 Å². The number of hydrogen-bond acceptors (Lipinski definition) is 10. The summed E-state index contributed by atoms with van der Waals surface area (Å²) in [6, 6.07) is 20.0. The standard InChI is InChI=1S/C28H23ClN8O3S2/c1-16(2)17-3-5-18(6-4-17)26-21(13-30)27(32)34-28(22(26)14-31)41-15-25(38)33-19-7-9-20(10-8-19)42(39,40)37-24-12-11-23(29)35-36-24/h3-12,16H,15H2,1-2H3,(H2,32,34)(H,33,38)(H,36,37). The highest BCUT2D eigenvalue weighted by atomic mass is 35.5. The SMILES string of the molecule is CC(C)c1ccc(-c2c(C#N)c(N)nc(SCC(=O)Nc3ccc(S(=O)(=O)Nc4ccc(Cl)nn4)cc3)c2C#N)cc1. The summed E-state index contributed by atoms with van der Waals surface area (Å²) in [7, 11) is -3.96. The molecule has 2 aromatic heterocycles. The van der Waals surface area contributed by atoms with Gasteiger partial charge in [0.25, 0.3) is 10.0 Å². The summed E-state index contributed by atoms with van der Waals surface area (Å²) in [5.74, 6) is -0.300. The van der Waals surface area contributed by atoms with Crippen molar-refractivity contribution in [1.82, 2.24) is 15.2 Å². The van der Waals surface area contributed by atoms with Crippen LogP contribution in [0.5, 0.6) is 0 Å². The summed E-state index contributed by atoms with van der Waals surface area (Å²) in [4.78, 5) is 16.9. The Morgan fingerprint density at radius 1 is 1.00 bits per heavy atom. The number of amides is 1. The van der Waals surface area contributed by atoms with Gasteiger partial charge in [0.15, 0.2) is 11.0 Å². The monoisotopic (exact) mass is 618 g/mol. The van der Waals surface area contributed by atoms with Crippen LogP contribution in [0.1, 0.15) is 36.5 Å². The number of nitrogens with zero attached hydrogens (tertiary/aromatic N) is 5. The van der Waals surface area contributed by atoms with E-state index in [0.717, 1.165) is 17.3 Å². The maximum Gasteiger partial charge on any atom is 0.263 e. The van der Waals surface area contributed by atoms with E-state index in [9.17, 15) is 23.7 Å². The quantitative estimate of drug-likeness (QED) is 0.211. The molecule has 4 N–H and O–H groups in total. The second-order valence-corrected chi connectivity index (χ2v) is 12.2. The first-order chi connectivity index (χ1) is 20.0. The normalized spacial score (nSPS) is 11.0. The van der Waals surface area contributed by atoms with E-state index in [1.165, 1.54) is 36.4 Å². The largest absolute Gasteiger partial charge is 0.383 e. The number of benzene rings is 2. The van der Waals surface area contributed by atoms with Gasteiger partial charge in [-0.2, -0.15) is 10.5 Å². The van der Waals surface area contributed by atoms with Gasteiger partial charge >= 0.3 is 0 Å². The lowest BCUT2D eigenvalue weighted by atomic mass is 9.94. The first kappa shape index (κ1) is 30.3.